The van der Waals surface area contributed by atoms with Crippen molar-refractivity contribution in [1.82, 2.24) is 19.4 Å². The van der Waals surface area contributed by atoms with Crippen molar-refractivity contribution in [1.29, 1.82) is 0 Å². The zero-order chi connectivity index (χ0) is 20.2. The lowest BCUT2D eigenvalue weighted by Gasteiger charge is -2.24. The van der Waals surface area contributed by atoms with Gasteiger partial charge < -0.3 is 15.2 Å². The molecule has 0 radical (unpaired) electrons. The van der Waals surface area contributed by atoms with E-state index in [1.165, 1.54) is 60.7 Å². The van der Waals surface area contributed by atoms with Gasteiger partial charge in [-0.05, 0) is 36.7 Å². The van der Waals surface area contributed by atoms with Crippen LogP contribution in [0.2, 0.25) is 0 Å². The maximum Gasteiger partial charge on any atom is 0.219 e. The van der Waals surface area contributed by atoms with Crippen LogP contribution in [-0.4, -0.2) is 33.0 Å². The summed E-state index contributed by atoms with van der Waals surface area (Å²) >= 11 is 0. The Morgan fingerprint density at radius 1 is 1.00 bits per heavy atom. The van der Waals surface area contributed by atoms with E-state index in [2.05, 4.69) is 51.6 Å². The molecule has 0 saturated heterocycles. The Morgan fingerprint density at radius 2 is 1.76 bits per heavy atom. The Balaban J connectivity index is 1.64. The second kappa shape index (κ2) is 8.95. The van der Waals surface area contributed by atoms with Crippen LogP contribution in [0.25, 0.3) is 22.0 Å². The van der Waals surface area contributed by atoms with Gasteiger partial charge in [-0.15, -0.1) is 0 Å². The normalized spacial score (nSPS) is 14.4. The predicted molar refractivity (Wildman–Crippen MR) is 121 cm³/mol. The van der Waals surface area contributed by atoms with Crippen LogP contribution in [0.15, 0.2) is 30.6 Å². The molecule has 154 valence electrons. The number of rotatable bonds is 8. The van der Waals surface area contributed by atoms with Crippen LogP contribution in [0, 0.1) is 0 Å². The van der Waals surface area contributed by atoms with Gasteiger partial charge in [-0.2, -0.15) is 0 Å². The molecule has 1 aliphatic rings. The molecule has 2 aromatic heterocycles. The lowest BCUT2D eigenvalue weighted by molar-refractivity contribution is 0.309. The number of likely N-dealkylation sites (N-methyl/N-ethyl adjacent to an activating group) is 1. The van der Waals surface area contributed by atoms with E-state index in [1.807, 2.05) is 12.4 Å². The van der Waals surface area contributed by atoms with Crippen LogP contribution in [0.1, 0.15) is 56.7 Å². The fourth-order valence-corrected chi connectivity index (χ4v) is 4.56. The summed E-state index contributed by atoms with van der Waals surface area (Å²) in [7, 11) is 2.22. The van der Waals surface area contributed by atoms with Gasteiger partial charge in [0.05, 0.1) is 0 Å². The summed E-state index contributed by atoms with van der Waals surface area (Å²) in [5.41, 5.74) is 12.2. The van der Waals surface area contributed by atoms with Crippen molar-refractivity contribution >= 4 is 16.9 Å². The summed E-state index contributed by atoms with van der Waals surface area (Å²) in [6.45, 7) is 5.57. The van der Waals surface area contributed by atoms with E-state index in [9.17, 15) is 0 Å². The fraction of sp³-hybridized carbons (Fsp3) is 0.500. The van der Waals surface area contributed by atoms with Crippen molar-refractivity contribution in [2.45, 2.75) is 65.0 Å². The number of benzene rings is 1. The highest BCUT2D eigenvalue weighted by Gasteiger charge is 2.22. The minimum atomic E-state index is 0.318. The van der Waals surface area contributed by atoms with Gasteiger partial charge in [0.2, 0.25) is 5.95 Å². The number of nitrogens with two attached hydrogens (primary N) is 1. The molecule has 4 rings (SSSR count). The molecule has 0 bridgehead atoms. The van der Waals surface area contributed by atoms with Crippen molar-refractivity contribution in [3.63, 3.8) is 0 Å². The van der Waals surface area contributed by atoms with Gasteiger partial charge in [-0.3, -0.25) is 0 Å². The molecule has 1 aromatic carbocycles. The van der Waals surface area contributed by atoms with Gasteiger partial charge in [-0.1, -0.05) is 45.1 Å². The zero-order valence-corrected chi connectivity index (χ0v) is 17.8. The number of nitrogens with zero attached hydrogens (tertiary/aromatic N) is 4. The average molecular weight is 392 g/mol. The summed E-state index contributed by atoms with van der Waals surface area (Å²) in [6.07, 6.45) is 12.8. The van der Waals surface area contributed by atoms with E-state index in [0.717, 1.165) is 37.2 Å². The van der Waals surface area contributed by atoms with Crippen LogP contribution in [0.4, 0.5) is 5.95 Å². The summed E-state index contributed by atoms with van der Waals surface area (Å²) in [5.74, 6) is 0.318. The van der Waals surface area contributed by atoms with E-state index in [-0.39, 0.29) is 0 Å². The molecule has 0 atom stereocenters. The average Bonchev–Trinajstić information content (AvgIpc) is 3.03. The maximum atomic E-state index is 5.66. The second-order valence-corrected chi connectivity index (χ2v) is 8.39. The van der Waals surface area contributed by atoms with E-state index in [0.29, 0.717) is 5.95 Å². The molecule has 0 saturated carbocycles. The number of fused-ring (bicyclic) bond motifs is 3. The highest BCUT2D eigenvalue weighted by Crippen LogP contribution is 2.34. The van der Waals surface area contributed by atoms with E-state index >= 15 is 0 Å². The molecule has 2 N–H and O–H groups in total. The zero-order valence-electron chi connectivity index (χ0n) is 17.8. The Bertz CT molecular complexity index is 958. The molecule has 0 unspecified atom stereocenters. The number of aryl methyl sites for hydroxylation is 1. The van der Waals surface area contributed by atoms with E-state index < -0.39 is 0 Å². The highest BCUT2D eigenvalue weighted by atomic mass is 15.1. The summed E-state index contributed by atoms with van der Waals surface area (Å²) in [6, 6.07) is 6.81. The van der Waals surface area contributed by atoms with Crippen LogP contribution >= 0.6 is 0 Å². The molecular weight excluding hydrogens is 358 g/mol. The van der Waals surface area contributed by atoms with E-state index in [4.69, 9.17) is 5.73 Å². The van der Waals surface area contributed by atoms with Crippen LogP contribution in [0.3, 0.4) is 0 Å². The van der Waals surface area contributed by atoms with Gasteiger partial charge in [-0.25, -0.2) is 9.97 Å². The lowest BCUT2D eigenvalue weighted by Crippen LogP contribution is -2.27. The summed E-state index contributed by atoms with van der Waals surface area (Å²) in [5, 5.41) is 1.38. The van der Waals surface area contributed by atoms with Crippen LogP contribution < -0.4 is 5.73 Å². The molecular formula is C24H33N5. The van der Waals surface area contributed by atoms with Gasteiger partial charge >= 0.3 is 0 Å². The molecule has 0 amide bonds. The second-order valence-electron chi connectivity index (χ2n) is 8.39. The van der Waals surface area contributed by atoms with Gasteiger partial charge in [0, 0.05) is 60.6 Å². The Morgan fingerprint density at radius 3 is 2.55 bits per heavy atom. The Labute approximate surface area is 174 Å². The third kappa shape index (κ3) is 4.30. The number of hydrogen-bond donors (Lipinski definition) is 1. The van der Waals surface area contributed by atoms with Gasteiger partial charge in [0.1, 0.15) is 0 Å². The molecule has 5 heteroatoms. The quantitative estimate of drug-likeness (QED) is 0.547. The predicted octanol–water partition coefficient (Wildman–Crippen LogP) is 5.03. The van der Waals surface area contributed by atoms with Crippen molar-refractivity contribution in [2.24, 2.45) is 0 Å². The van der Waals surface area contributed by atoms with Crippen molar-refractivity contribution in [2.75, 3.05) is 19.3 Å². The molecule has 1 aliphatic heterocycles. The fourth-order valence-electron chi connectivity index (χ4n) is 4.56. The number of unbranched alkanes of at least 4 members (excludes halogenated alkanes) is 5. The number of aromatic nitrogens is 3. The molecule has 5 nitrogen and oxygen atoms in total. The van der Waals surface area contributed by atoms with Gasteiger partial charge in [0.15, 0.2) is 0 Å². The molecule has 0 spiro atoms. The monoisotopic (exact) mass is 391 g/mol. The lowest BCUT2D eigenvalue weighted by atomic mass is 10.0. The number of anilines is 1. The first-order chi connectivity index (χ1) is 14.2. The minimum absolute atomic E-state index is 0.318. The van der Waals surface area contributed by atoms with E-state index in [1.54, 1.807) is 0 Å². The number of nitrogen functional groups attached to an aromatic ring is 1. The molecule has 3 aromatic rings. The smallest absolute Gasteiger partial charge is 0.219 e. The maximum absolute atomic E-state index is 5.66. The topological polar surface area (TPSA) is 60.0 Å². The van der Waals surface area contributed by atoms with Crippen molar-refractivity contribution in [3.8, 4) is 11.1 Å². The molecule has 0 aliphatic carbocycles. The molecule has 29 heavy (non-hydrogen) atoms. The third-order valence-electron chi connectivity index (χ3n) is 6.19. The highest BCUT2D eigenvalue weighted by molar-refractivity contribution is 5.90. The van der Waals surface area contributed by atoms with Gasteiger partial charge in [0.25, 0.3) is 0 Å². The summed E-state index contributed by atoms with van der Waals surface area (Å²) in [4.78, 5) is 10.8. The Hall–Kier alpha value is -2.40. The largest absolute Gasteiger partial charge is 0.368 e. The summed E-state index contributed by atoms with van der Waals surface area (Å²) < 4.78 is 2.60. The van der Waals surface area contributed by atoms with Crippen LogP contribution in [-0.2, 0) is 19.5 Å². The van der Waals surface area contributed by atoms with Crippen molar-refractivity contribution in [3.05, 3.63) is 41.9 Å². The Kier molecular flexibility index (Phi) is 6.14. The SMILES string of the molecule is CCCCCCCCn1c2c(c3cc(-c4cnc(N)nc4)ccc31)CN(C)CC2. The standard InChI is InChI=1S/C24H33N5/c1-3-4-5-6-7-8-12-29-22-10-9-18(19-15-26-24(25)27-16-19)14-20(22)21-17-28(2)13-11-23(21)29/h9-10,14-16H,3-8,11-13,17H2,1-2H3,(H2,25,26,27). The first-order valence-corrected chi connectivity index (χ1v) is 11.1. The minimum Gasteiger partial charge on any atom is -0.368 e. The van der Waals surface area contributed by atoms with Crippen LogP contribution in [0.5, 0.6) is 0 Å². The molecule has 3 heterocycles. The first-order valence-electron chi connectivity index (χ1n) is 11.1. The van der Waals surface area contributed by atoms with Crippen molar-refractivity contribution < 1.29 is 0 Å². The third-order valence-corrected chi connectivity index (χ3v) is 6.19. The number of hydrogen-bond acceptors (Lipinski definition) is 4. The molecule has 0 fully saturated rings. The first kappa shape index (κ1) is 19.9.